The van der Waals surface area contributed by atoms with E-state index >= 15 is 0 Å². The summed E-state index contributed by atoms with van der Waals surface area (Å²) in [6.07, 6.45) is 4.65. The molecule has 2 amide bonds. The number of nitrogens with two attached hydrogens (primary N) is 1. The van der Waals surface area contributed by atoms with Gasteiger partial charge in [-0.3, -0.25) is 0 Å². The highest BCUT2D eigenvalue weighted by atomic mass is 16.2. The Labute approximate surface area is 121 Å². The minimum absolute atomic E-state index is 0.0154. The Hall–Kier alpha value is -1.55. The van der Waals surface area contributed by atoms with Gasteiger partial charge in [0.1, 0.15) is 0 Å². The molecule has 0 radical (unpaired) electrons. The molecular weight excluding hydrogens is 250 g/mol. The van der Waals surface area contributed by atoms with Gasteiger partial charge in [0.15, 0.2) is 0 Å². The van der Waals surface area contributed by atoms with Crippen LogP contribution in [0.2, 0.25) is 0 Å². The van der Waals surface area contributed by atoms with Crippen LogP contribution >= 0.6 is 0 Å². The van der Waals surface area contributed by atoms with Crippen molar-refractivity contribution < 1.29 is 4.79 Å². The van der Waals surface area contributed by atoms with Crippen molar-refractivity contribution in [1.29, 1.82) is 0 Å². The Kier molecular flexibility index (Phi) is 5.01. The van der Waals surface area contributed by atoms with E-state index in [9.17, 15) is 4.79 Å². The van der Waals surface area contributed by atoms with Crippen LogP contribution in [0.25, 0.3) is 0 Å². The van der Waals surface area contributed by atoms with Crippen LogP contribution in [0.15, 0.2) is 24.3 Å². The average Bonchev–Trinajstić information content (AvgIpc) is 2.39. The van der Waals surface area contributed by atoms with Gasteiger partial charge in [-0.15, -0.1) is 0 Å². The van der Waals surface area contributed by atoms with Gasteiger partial charge in [-0.1, -0.05) is 31.9 Å². The van der Waals surface area contributed by atoms with E-state index in [2.05, 4.69) is 17.6 Å². The van der Waals surface area contributed by atoms with Crippen LogP contribution in [0.4, 0.5) is 10.5 Å². The standard InChI is InChI=1S/C16H25N3O/c1-11-4-3-5-15(10-11)19-16(20)18-14-8-6-13(7-9-14)12(2)17/h6-9,11-12,15H,3-5,10,17H2,1-2H3,(H2,18,19,20). The lowest BCUT2D eigenvalue weighted by molar-refractivity contribution is 0.238. The van der Waals surface area contributed by atoms with Crippen molar-refractivity contribution in [2.24, 2.45) is 11.7 Å². The normalized spacial score (nSPS) is 23.9. The first-order valence-electron chi connectivity index (χ1n) is 7.47. The number of hydrogen-bond donors (Lipinski definition) is 3. The maximum atomic E-state index is 12.0. The molecule has 0 bridgehead atoms. The fourth-order valence-electron chi connectivity index (χ4n) is 2.79. The molecule has 110 valence electrons. The van der Waals surface area contributed by atoms with E-state index in [0.717, 1.165) is 24.1 Å². The van der Waals surface area contributed by atoms with E-state index in [0.29, 0.717) is 12.0 Å². The number of carbonyl (C=O) groups is 1. The minimum Gasteiger partial charge on any atom is -0.335 e. The number of urea groups is 1. The summed E-state index contributed by atoms with van der Waals surface area (Å²) < 4.78 is 0. The molecule has 1 saturated carbocycles. The molecule has 1 fully saturated rings. The lowest BCUT2D eigenvalue weighted by atomic mass is 9.87. The van der Waals surface area contributed by atoms with Crippen LogP contribution in [0.3, 0.4) is 0 Å². The monoisotopic (exact) mass is 275 g/mol. The van der Waals surface area contributed by atoms with Crippen molar-refractivity contribution in [3.05, 3.63) is 29.8 Å². The number of carbonyl (C=O) groups excluding carboxylic acids is 1. The van der Waals surface area contributed by atoms with Gasteiger partial charge in [0.25, 0.3) is 0 Å². The molecule has 20 heavy (non-hydrogen) atoms. The van der Waals surface area contributed by atoms with E-state index < -0.39 is 0 Å². The SMILES string of the molecule is CC1CCCC(NC(=O)Nc2ccc(C(C)N)cc2)C1. The summed E-state index contributed by atoms with van der Waals surface area (Å²) in [6, 6.07) is 7.89. The highest BCUT2D eigenvalue weighted by Crippen LogP contribution is 2.23. The topological polar surface area (TPSA) is 67.2 Å². The van der Waals surface area contributed by atoms with Gasteiger partial charge >= 0.3 is 6.03 Å². The van der Waals surface area contributed by atoms with Gasteiger partial charge in [0, 0.05) is 17.8 Å². The Morgan fingerprint density at radius 2 is 2.00 bits per heavy atom. The third kappa shape index (κ3) is 4.23. The third-order valence-electron chi connectivity index (χ3n) is 3.97. The molecule has 4 nitrogen and oxygen atoms in total. The Morgan fingerprint density at radius 3 is 2.60 bits per heavy atom. The third-order valence-corrected chi connectivity index (χ3v) is 3.97. The Bertz CT molecular complexity index is 442. The zero-order valence-corrected chi connectivity index (χ0v) is 12.4. The number of rotatable bonds is 3. The van der Waals surface area contributed by atoms with Gasteiger partial charge < -0.3 is 16.4 Å². The molecule has 2 rings (SSSR count). The van der Waals surface area contributed by atoms with Gasteiger partial charge in [0.05, 0.1) is 0 Å². The first-order chi connectivity index (χ1) is 9.54. The molecular formula is C16H25N3O. The quantitative estimate of drug-likeness (QED) is 0.791. The van der Waals surface area contributed by atoms with E-state index in [-0.39, 0.29) is 12.1 Å². The first kappa shape index (κ1) is 14.9. The average molecular weight is 275 g/mol. The van der Waals surface area contributed by atoms with Gasteiger partial charge in [0.2, 0.25) is 0 Å². The molecule has 0 heterocycles. The number of hydrogen-bond acceptors (Lipinski definition) is 2. The largest absolute Gasteiger partial charge is 0.335 e. The minimum atomic E-state index is -0.113. The van der Waals surface area contributed by atoms with Crippen molar-refractivity contribution in [2.75, 3.05) is 5.32 Å². The maximum absolute atomic E-state index is 12.0. The molecule has 1 aromatic rings. The highest BCUT2D eigenvalue weighted by molar-refractivity contribution is 5.89. The van der Waals surface area contributed by atoms with Crippen molar-refractivity contribution >= 4 is 11.7 Å². The number of amides is 2. The number of benzene rings is 1. The molecule has 0 aliphatic heterocycles. The van der Waals surface area contributed by atoms with Crippen LogP contribution < -0.4 is 16.4 Å². The zero-order chi connectivity index (χ0) is 14.5. The lowest BCUT2D eigenvalue weighted by Gasteiger charge is -2.27. The van der Waals surface area contributed by atoms with Crippen LogP contribution in [0, 0.1) is 5.92 Å². The van der Waals surface area contributed by atoms with Crippen molar-refractivity contribution in [1.82, 2.24) is 5.32 Å². The molecule has 3 atom stereocenters. The van der Waals surface area contributed by atoms with Crippen molar-refractivity contribution in [3.63, 3.8) is 0 Å². The summed E-state index contributed by atoms with van der Waals surface area (Å²) in [4.78, 5) is 12.0. The number of nitrogens with one attached hydrogen (secondary N) is 2. The predicted octanol–water partition coefficient (Wildman–Crippen LogP) is 3.41. The molecule has 3 unspecified atom stereocenters. The van der Waals surface area contributed by atoms with Crippen LogP contribution in [-0.4, -0.2) is 12.1 Å². The molecule has 1 aliphatic carbocycles. The second kappa shape index (κ2) is 6.75. The molecule has 0 saturated heterocycles. The maximum Gasteiger partial charge on any atom is 0.319 e. The lowest BCUT2D eigenvalue weighted by Crippen LogP contribution is -2.40. The van der Waals surface area contributed by atoms with Gasteiger partial charge in [-0.05, 0) is 43.4 Å². The number of anilines is 1. The Balaban J connectivity index is 1.84. The molecule has 1 aliphatic rings. The molecule has 0 aromatic heterocycles. The summed E-state index contributed by atoms with van der Waals surface area (Å²) in [5.74, 6) is 0.708. The first-order valence-corrected chi connectivity index (χ1v) is 7.47. The summed E-state index contributed by atoms with van der Waals surface area (Å²) in [5.41, 5.74) is 7.67. The second-order valence-electron chi connectivity index (χ2n) is 5.98. The van der Waals surface area contributed by atoms with E-state index in [4.69, 9.17) is 5.73 Å². The fraction of sp³-hybridized carbons (Fsp3) is 0.562. The highest BCUT2D eigenvalue weighted by Gasteiger charge is 2.20. The molecule has 0 spiro atoms. The van der Waals surface area contributed by atoms with Crippen molar-refractivity contribution in [2.45, 2.75) is 51.6 Å². The van der Waals surface area contributed by atoms with E-state index in [1.807, 2.05) is 31.2 Å². The molecule has 4 N–H and O–H groups in total. The summed E-state index contributed by atoms with van der Waals surface area (Å²) in [6.45, 7) is 4.19. The smallest absolute Gasteiger partial charge is 0.319 e. The van der Waals surface area contributed by atoms with Crippen LogP contribution in [0.5, 0.6) is 0 Å². The molecule has 1 aromatic carbocycles. The zero-order valence-electron chi connectivity index (χ0n) is 12.4. The predicted molar refractivity (Wildman–Crippen MR) is 82.6 cm³/mol. The summed E-state index contributed by atoms with van der Waals surface area (Å²) >= 11 is 0. The summed E-state index contributed by atoms with van der Waals surface area (Å²) in [7, 11) is 0. The van der Waals surface area contributed by atoms with Crippen LogP contribution in [-0.2, 0) is 0 Å². The van der Waals surface area contributed by atoms with E-state index in [1.54, 1.807) is 0 Å². The Morgan fingerprint density at radius 1 is 1.30 bits per heavy atom. The molecule has 4 heteroatoms. The van der Waals surface area contributed by atoms with E-state index in [1.165, 1.54) is 12.8 Å². The van der Waals surface area contributed by atoms with Gasteiger partial charge in [-0.25, -0.2) is 4.79 Å². The fourth-order valence-corrected chi connectivity index (χ4v) is 2.79. The van der Waals surface area contributed by atoms with Crippen molar-refractivity contribution in [3.8, 4) is 0 Å². The summed E-state index contributed by atoms with van der Waals surface area (Å²) in [5, 5.41) is 5.94. The second-order valence-corrected chi connectivity index (χ2v) is 5.98. The van der Waals surface area contributed by atoms with Crippen LogP contribution in [0.1, 0.15) is 51.1 Å². The van der Waals surface area contributed by atoms with Gasteiger partial charge in [-0.2, -0.15) is 0 Å².